The minimum absolute atomic E-state index is 0.282. The van der Waals surface area contributed by atoms with Gasteiger partial charge in [-0.15, -0.1) is 0 Å². The van der Waals surface area contributed by atoms with Crippen molar-refractivity contribution in [3.05, 3.63) is 78.4 Å². The van der Waals surface area contributed by atoms with Gasteiger partial charge in [0.2, 0.25) is 0 Å². The average molecular weight is 335 g/mol. The monoisotopic (exact) mass is 335 g/mol. The number of fused-ring (bicyclic) bond motifs is 1. The van der Waals surface area contributed by atoms with E-state index in [-0.39, 0.29) is 5.56 Å². The SMILES string of the molecule is C/C=C\C.CC.O=C(O)c1cc(-c2ccccc2)nc2ccccc12. The van der Waals surface area contributed by atoms with E-state index in [1.54, 1.807) is 12.1 Å². The number of benzene rings is 2. The third kappa shape index (κ3) is 5.57. The van der Waals surface area contributed by atoms with E-state index in [0.29, 0.717) is 16.6 Å². The quantitative estimate of drug-likeness (QED) is 0.566. The third-order valence-corrected chi connectivity index (χ3v) is 3.35. The lowest BCUT2D eigenvalue weighted by atomic mass is 10.0. The summed E-state index contributed by atoms with van der Waals surface area (Å²) >= 11 is 0. The van der Waals surface area contributed by atoms with Crippen LogP contribution in [-0.4, -0.2) is 16.1 Å². The molecule has 25 heavy (non-hydrogen) atoms. The van der Waals surface area contributed by atoms with Crippen molar-refractivity contribution in [1.29, 1.82) is 0 Å². The average Bonchev–Trinajstić information content (AvgIpc) is 2.69. The Kier molecular flexibility index (Phi) is 8.66. The van der Waals surface area contributed by atoms with Gasteiger partial charge in [0.05, 0.1) is 16.8 Å². The minimum atomic E-state index is -0.934. The Morgan fingerprint density at radius 1 is 0.920 bits per heavy atom. The first kappa shape index (κ1) is 20.1. The molecule has 3 heteroatoms. The molecule has 0 aliphatic rings. The number of aromatic carboxylic acids is 1. The highest BCUT2D eigenvalue weighted by molar-refractivity contribution is 6.03. The second kappa shape index (κ2) is 10.8. The number of carboxylic acids is 1. The number of hydrogen-bond acceptors (Lipinski definition) is 2. The molecule has 1 N–H and O–H groups in total. The normalized spacial score (nSPS) is 9.76. The maximum absolute atomic E-state index is 11.4. The lowest BCUT2D eigenvalue weighted by Gasteiger charge is -2.06. The lowest BCUT2D eigenvalue weighted by molar-refractivity contribution is 0.0699. The van der Waals surface area contributed by atoms with Crippen LogP contribution in [0.5, 0.6) is 0 Å². The molecule has 0 unspecified atom stereocenters. The molecule has 0 aliphatic heterocycles. The van der Waals surface area contributed by atoms with Crippen LogP contribution in [0.25, 0.3) is 22.2 Å². The molecule has 0 spiro atoms. The number of hydrogen-bond donors (Lipinski definition) is 1. The maximum atomic E-state index is 11.4. The molecular weight excluding hydrogens is 310 g/mol. The summed E-state index contributed by atoms with van der Waals surface area (Å²) in [6.07, 6.45) is 4.00. The molecule has 0 saturated heterocycles. The summed E-state index contributed by atoms with van der Waals surface area (Å²) in [5.74, 6) is -0.934. The van der Waals surface area contributed by atoms with Crippen molar-refractivity contribution in [3.63, 3.8) is 0 Å². The van der Waals surface area contributed by atoms with E-state index in [1.165, 1.54) is 0 Å². The van der Waals surface area contributed by atoms with Gasteiger partial charge < -0.3 is 5.11 Å². The van der Waals surface area contributed by atoms with Gasteiger partial charge in [0.15, 0.2) is 0 Å². The van der Waals surface area contributed by atoms with Gasteiger partial charge >= 0.3 is 5.97 Å². The van der Waals surface area contributed by atoms with E-state index in [0.717, 1.165) is 5.56 Å². The van der Waals surface area contributed by atoms with Crippen LogP contribution in [0, 0.1) is 0 Å². The Bertz CT molecular complexity index is 820. The summed E-state index contributed by atoms with van der Waals surface area (Å²) in [6, 6.07) is 18.5. The summed E-state index contributed by atoms with van der Waals surface area (Å²) in [5.41, 5.74) is 2.57. The van der Waals surface area contributed by atoms with Crippen molar-refractivity contribution in [2.24, 2.45) is 0 Å². The molecule has 0 saturated carbocycles. The van der Waals surface area contributed by atoms with Crippen LogP contribution in [0.15, 0.2) is 72.8 Å². The van der Waals surface area contributed by atoms with Crippen molar-refractivity contribution >= 4 is 16.9 Å². The fraction of sp³-hybridized carbons (Fsp3) is 0.182. The highest BCUT2D eigenvalue weighted by Gasteiger charge is 2.12. The van der Waals surface area contributed by atoms with Crippen LogP contribution in [0.3, 0.4) is 0 Å². The zero-order valence-electron chi connectivity index (χ0n) is 15.2. The smallest absolute Gasteiger partial charge is 0.336 e. The van der Waals surface area contributed by atoms with E-state index in [1.807, 2.05) is 88.4 Å². The molecular formula is C22H25NO2. The Labute approximate surface area is 149 Å². The largest absolute Gasteiger partial charge is 0.478 e. The van der Waals surface area contributed by atoms with Crippen LogP contribution in [0.4, 0.5) is 0 Å². The van der Waals surface area contributed by atoms with Crippen LogP contribution < -0.4 is 0 Å². The predicted molar refractivity (Wildman–Crippen MR) is 106 cm³/mol. The highest BCUT2D eigenvalue weighted by atomic mass is 16.4. The molecule has 0 amide bonds. The van der Waals surface area contributed by atoms with Crippen LogP contribution in [0.1, 0.15) is 38.1 Å². The van der Waals surface area contributed by atoms with Crippen molar-refractivity contribution in [3.8, 4) is 11.3 Å². The van der Waals surface area contributed by atoms with Crippen LogP contribution >= 0.6 is 0 Å². The van der Waals surface area contributed by atoms with Gasteiger partial charge in [-0.3, -0.25) is 0 Å². The zero-order chi connectivity index (χ0) is 18.7. The first-order chi connectivity index (χ1) is 12.2. The molecule has 1 heterocycles. The predicted octanol–water partition coefficient (Wildman–Crippen LogP) is 6.21. The standard InChI is InChI=1S/C16H11NO2.C4H8.C2H6/c18-16(19)13-10-15(11-6-2-1-3-7-11)17-14-9-5-4-8-12(13)14;1-3-4-2;1-2/h1-10H,(H,18,19);3-4H,1-2H3;1-2H3/b;4-3-;. The fourth-order valence-corrected chi connectivity index (χ4v) is 2.11. The van der Waals surface area contributed by atoms with E-state index < -0.39 is 5.97 Å². The number of para-hydroxylation sites is 1. The van der Waals surface area contributed by atoms with E-state index in [2.05, 4.69) is 4.98 Å². The van der Waals surface area contributed by atoms with E-state index >= 15 is 0 Å². The molecule has 0 atom stereocenters. The topological polar surface area (TPSA) is 50.2 Å². The third-order valence-electron chi connectivity index (χ3n) is 3.35. The number of allylic oxidation sites excluding steroid dienone is 2. The van der Waals surface area contributed by atoms with E-state index in [4.69, 9.17) is 0 Å². The van der Waals surface area contributed by atoms with Gasteiger partial charge in [0.1, 0.15) is 0 Å². The second-order valence-corrected chi connectivity index (χ2v) is 4.91. The number of nitrogens with zero attached hydrogens (tertiary/aromatic N) is 1. The first-order valence-corrected chi connectivity index (χ1v) is 8.43. The Hall–Kier alpha value is -2.94. The molecule has 0 aliphatic carbocycles. The van der Waals surface area contributed by atoms with Gasteiger partial charge in [-0.25, -0.2) is 9.78 Å². The minimum Gasteiger partial charge on any atom is -0.478 e. The van der Waals surface area contributed by atoms with Gasteiger partial charge in [-0.2, -0.15) is 0 Å². The van der Waals surface area contributed by atoms with Crippen molar-refractivity contribution in [2.75, 3.05) is 0 Å². The maximum Gasteiger partial charge on any atom is 0.336 e. The number of carbonyl (C=O) groups is 1. The molecule has 0 fully saturated rings. The molecule has 130 valence electrons. The molecule has 3 nitrogen and oxygen atoms in total. The van der Waals surface area contributed by atoms with Crippen LogP contribution in [-0.2, 0) is 0 Å². The summed E-state index contributed by atoms with van der Waals surface area (Å²) in [7, 11) is 0. The first-order valence-electron chi connectivity index (χ1n) is 8.43. The Morgan fingerprint density at radius 2 is 1.48 bits per heavy atom. The van der Waals surface area contributed by atoms with Gasteiger partial charge in [0, 0.05) is 10.9 Å². The highest BCUT2D eigenvalue weighted by Crippen LogP contribution is 2.24. The summed E-state index contributed by atoms with van der Waals surface area (Å²) in [5, 5.41) is 9.99. The van der Waals surface area contributed by atoms with Gasteiger partial charge in [-0.1, -0.05) is 74.5 Å². The Morgan fingerprint density at radius 3 is 2.04 bits per heavy atom. The number of pyridine rings is 1. The van der Waals surface area contributed by atoms with Gasteiger partial charge in [-0.05, 0) is 26.0 Å². The zero-order valence-corrected chi connectivity index (χ0v) is 15.2. The molecule has 0 radical (unpaired) electrons. The second-order valence-electron chi connectivity index (χ2n) is 4.91. The van der Waals surface area contributed by atoms with Gasteiger partial charge in [0.25, 0.3) is 0 Å². The number of aromatic nitrogens is 1. The molecule has 3 aromatic rings. The Balaban J connectivity index is 0.000000461. The summed E-state index contributed by atoms with van der Waals surface area (Å²) in [4.78, 5) is 15.9. The summed E-state index contributed by atoms with van der Waals surface area (Å²) in [6.45, 7) is 8.00. The lowest BCUT2D eigenvalue weighted by Crippen LogP contribution is -2.00. The number of rotatable bonds is 2. The van der Waals surface area contributed by atoms with Crippen molar-refractivity contribution < 1.29 is 9.90 Å². The number of carboxylic acid groups (broad SMARTS) is 1. The molecule has 0 bridgehead atoms. The molecule has 2 aromatic carbocycles. The van der Waals surface area contributed by atoms with Crippen molar-refractivity contribution in [1.82, 2.24) is 4.98 Å². The molecule has 1 aromatic heterocycles. The van der Waals surface area contributed by atoms with Crippen molar-refractivity contribution in [2.45, 2.75) is 27.7 Å². The van der Waals surface area contributed by atoms with Crippen LogP contribution in [0.2, 0.25) is 0 Å². The fourth-order valence-electron chi connectivity index (χ4n) is 2.11. The summed E-state index contributed by atoms with van der Waals surface area (Å²) < 4.78 is 0. The molecule has 3 rings (SSSR count). The van der Waals surface area contributed by atoms with E-state index in [9.17, 15) is 9.90 Å².